The van der Waals surface area contributed by atoms with Crippen molar-refractivity contribution in [2.75, 3.05) is 6.61 Å². The number of nitrogens with one attached hydrogen (secondary N) is 1. The van der Waals surface area contributed by atoms with Crippen molar-refractivity contribution in [3.05, 3.63) is 71.0 Å². The number of carbonyl (C=O) groups is 1. The number of fused-ring (bicyclic) bond motifs is 1. The van der Waals surface area contributed by atoms with E-state index in [1.807, 2.05) is 57.2 Å². The first kappa shape index (κ1) is 20.9. The van der Waals surface area contributed by atoms with E-state index in [9.17, 15) is 4.79 Å². The van der Waals surface area contributed by atoms with Crippen LogP contribution in [0.3, 0.4) is 0 Å². The summed E-state index contributed by atoms with van der Waals surface area (Å²) >= 11 is 6.23. The average molecular weight is 412 g/mol. The molecule has 0 fully saturated rings. The van der Waals surface area contributed by atoms with Gasteiger partial charge < -0.3 is 14.6 Å². The molecule has 1 aromatic heterocycles. The molecule has 0 bridgehead atoms. The fourth-order valence-electron chi connectivity index (χ4n) is 3.40. The number of imidazole rings is 1. The van der Waals surface area contributed by atoms with Gasteiger partial charge in [-0.2, -0.15) is 0 Å². The second-order valence-electron chi connectivity index (χ2n) is 7.12. The number of hydrogen-bond donors (Lipinski definition) is 1. The Kier molecular flexibility index (Phi) is 6.60. The summed E-state index contributed by atoms with van der Waals surface area (Å²) < 4.78 is 8.08. The third-order valence-electron chi connectivity index (χ3n) is 4.82. The van der Waals surface area contributed by atoms with E-state index in [-0.39, 0.29) is 11.9 Å². The second-order valence-corrected chi connectivity index (χ2v) is 7.50. The number of ether oxygens (including phenoxy) is 1. The predicted octanol–water partition coefficient (Wildman–Crippen LogP) is 5.14. The zero-order valence-corrected chi connectivity index (χ0v) is 17.8. The van der Waals surface area contributed by atoms with Crippen molar-refractivity contribution in [2.45, 2.75) is 39.8 Å². The van der Waals surface area contributed by atoms with E-state index in [1.54, 1.807) is 0 Å². The van der Waals surface area contributed by atoms with Crippen molar-refractivity contribution >= 4 is 28.5 Å². The molecule has 3 rings (SSSR count). The molecule has 0 aliphatic heterocycles. The SMILES string of the molecule is C=CC(=O)NC(C)c1nc2ccccc2n1CCCOc1cc(C)c(Cl)c(C)c1. The van der Waals surface area contributed by atoms with Gasteiger partial charge in [0.1, 0.15) is 11.6 Å². The molecule has 152 valence electrons. The van der Waals surface area contributed by atoms with Crippen LogP contribution in [0.15, 0.2) is 49.1 Å². The van der Waals surface area contributed by atoms with Gasteiger partial charge in [-0.05, 0) is 68.7 Å². The molecule has 0 saturated heterocycles. The summed E-state index contributed by atoms with van der Waals surface area (Å²) in [6, 6.07) is 11.7. The van der Waals surface area contributed by atoms with Crippen molar-refractivity contribution in [3.63, 3.8) is 0 Å². The van der Waals surface area contributed by atoms with E-state index in [2.05, 4.69) is 16.5 Å². The summed E-state index contributed by atoms with van der Waals surface area (Å²) in [5.41, 5.74) is 3.97. The molecule has 1 heterocycles. The lowest BCUT2D eigenvalue weighted by Crippen LogP contribution is -2.27. The highest BCUT2D eigenvalue weighted by molar-refractivity contribution is 6.32. The third kappa shape index (κ3) is 4.80. The highest BCUT2D eigenvalue weighted by Crippen LogP contribution is 2.26. The molecule has 0 spiro atoms. The van der Waals surface area contributed by atoms with Crippen LogP contribution in [0.5, 0.6) is 5.75 Å². The van der Waals surface area contributed by atoms with Gasteiger partial charge in [0.25, 0.3) is 0 Å². The maximum Gasteiger partial charge on any atom is 0.243 e. The summed E-state index contributed by atoms with van der Waals surface area (Å²) in [6.07, 6.45) is 2.07. The monoisotopic (exact) mass is 411 g/mol. The predicted molar refractivity (Wildman–Crippen MR) is 118 cm³/mol. The Morgan fingerprint density at radius 2 is 2.00 bits per heavy atom. The Morgan fingerprint density at radius 1 is 1.31 bits per heavy atom. The van der Waals surface area contributed by atoms with Crippen LogP contribution in [0, 0.1) is 13.8 Å². The van der Waals surface area contributed by atoms with Gasteiger partial charge in [-0.3, -0.25) is 4.79 Å². The third-order valence-corrected chi connectivity index (χ3v) is 5.42. The summed E-state index contributed by atoms with van der Waals surface area (Å²) in [6.45, 7) is 10.7. The van der Waals surface area contributed by atoms with Gasteiger partial charge in [-0.25, -0.2) is 4.98 Å². The number of aryl methyl sites for hydroxylation is 3. The number of hydrogen-bond acceptors (Lipinski definition) is 3. The molecule has 5 nitrogen and oxygen atoms in total. The fraction of sp³-hybridized carbons (Fsp3) is 0.304. The Hall–Kier alpha value is -2.79. The van der Waals surface area contributed by atoms with Crippen molar-refractivity contribution < 1.29 is 9.53 Å². The maximum atomic E-state index is 11.7. The molecule has 6 heteroatoms. The van der Waals surface area contributed by atoms with Crippen LogP contribution < -0.4 is 10.1 Å². The largest absolute Gasteiger partial charge is 0.494 e. The number of aromatic nitrogens is 2. The Labute approximate surface area is 176 Å². The number of carbonyl (C=O) groups excluding carboxylic acids is 1. The number of halogens is 1. The standard InChI is InChI=1S/C23H26ClN3O2/c1-5-21(28)25-17(4)23-26-19-9-6-7-10-20(19)27(23)11-8-12-29-18-13-15(2)22(24)16(3)14-18/h5-7,9-10,13-14,17H,1,8,11-12H2,2-4H3,(H,25,28). The second kappa shape index (κ2) is 9.14. The number of para-hydroxylation sites is 2. The zero-order valence-electron chi connectivity index (χ0n) is 17.0. The molecular formula is C23H26ClN3O2. The van der Waals surface area contributed by atoms with E-state index < -0.39 is 0 Å². The fourth-order valence-corrected chi connectivity index (χ4v) is 3.51. The molecule has 0 aliphatic carbocycles. The summed E-state index contributed by atoms with van der Waals surface area (Å²) in [7, 11) is 0. The van der Waals surface area contributed by atoms with Crippen molar-refractivity contribution in [1.29, 1.82) is 0 Å². The lowest BCUT2D eigenvalue weighted by molar-refractivity contribution is -0.117. The van der Waals surface area contributed by atoms with E-state index in [4.69, 9.17) is 21.3 Å². The lowest BCUT2D eigenvalue weighted by atomic mass is 10.1. The molecule has 1 amide bonds. The smallest absolute Gasteiger partial charge is 0.243 e. The van der Waals surface area contributed by atoms with Gasteiger partial charge in [-0.15, -0.1) is 0 Å². The van der Waals surface area contributed by atoms with Crippen LogP contribution in [0.4, 0.5) is 0 Å². The van der Waals surface area contributed by atoms with Crippen molar-refractivity contribution in [2.24, 2.45) is 0 Å². The molecule has 1 unspecified atom stereocenters. The van der Waals surface area contributed by atoms with Gasteiger partial charge in [-0.1, -0.05) is 30.3 Å². The van der Waals surface area contributed by atoms with E-state index >= 15 is 0 Å². The Bertz CT molecular complexity index is 1020. The zero-order chi connectivity index (χ0) is 21.0. The van der Waals surface area contributed by atoms with Crippen LogP contribution in [0.2, 0.25) is 5.02 Å². The topological polar surface area (TPSA) is 56.2 Å². The van der Waals surface area contributed by atoms with Gasteiger partial charge in [0.05, 0.1) is 23.7 Å². The summed E-state index contributed by atoms with van der Waals surface area (Å²) in [4.78, 5) is 16.5. The number of amides is 1. The van der Waals surface area contributed by atoms with Crippen molar-refractivity contribution in [1.82, 2.24) is 14.9 Å². The van der Waals surface area contributed by atoms with Crippen LogP contribution in [0.1, 0.15) is 36.3 Å². The number of rotatable bonds is 8. The highest BCUT2D eigenvalue weighted by atomic mass is 35.5. The molecule has 1 atom stereocenters. The van der Waals surface area contributed by atoms with Crippen LogP contribution in [-0.2, 0) is 11.3 Å². The minimum Gasteiger partial charge on any atom is -0.494 e. The molecule has 2 aromatic carbocycles. The molecule has 0 aliphatic rings. The van der Waals surface area contributed by atoms with Gasteiger partial charge >= 0.3 is 0 Å². The van der Waals surface area contributed by atoms with E-state index in [0.29, 0.717) is 6.61 Å². The quantitative estimate of drug-likeness (QED) is 0.412. The van der Waals surface area contributed by atoms with E-state index in [1.165, 1.54) is 6.08 Å². The lowest BCUT2D eigenvalue weighted by Gasteiger charge is -2.16. The number of benzene rings is 2. The minimum atomic E-state index is -0.226. The Balaban J connectivity index is 1.72. The first-order chi connectivity index (χ1) is 13.9. The van der Waals surface area contributed by atoms with Crippen molar-refractivity contribution in [3.8, 4) is 5.75 Å². The summed E-state index contributed by atoms with van der Waals surface area (Å²) in [5.74, 6) is 1.43. The molecule has 29 heavy (non-hydrogen) atoms. The van der Waals surface area contributed by atoms with Crippen LogP contribution in [-0.4, -0.2) is 22.1 Å². The average Bonchev–Trinajstić information content (AvgIpc) is 3.08. The molecule has 0 radical (unpaired) electrons. The molecular weight excluding hydrogens is 386 g/mol. The Morgan fingerprint density at radius 3 is 2.69 bits per heavy atom. The summed E-state index contributed by atoms with van der Waals surface area (Å²) in [5, 5.41) is 3.68. The normalized spacial score (nSPS) is 12.0. The van der Waals surface area contributed by atoms with Crippen LogP contribution in [0.25, 0.3) is 11.0 Å². The van der Waals surface area contributed by atoms with Gasteiger partial charge in [0.15, 0.2) is 0 Å². The molecule has 1 N–H and O–H groups in total. The number of nitrogens with zero attached hydrogens (tertiary/aromatic N) is 2. The van der Waals surface area contributed by atoms with Gasteiger partial charge in [0.2, 0.25) is 5.91 Å². The van der Waals surface area contributed by atoms with E-state index in [0.717, 1.165) is 51.7 Å². The van der Waals surface area contributed by atoms with Crippen LogP contribution >= 0.6 is 11.6 Å². The first-order valence-electron chi connectivity index (χ1n) is 9.68. The first-order valence-corrected chi connectivity index (χ1v) is 10.1. The molecule has 3 aromatic rings. The highest BCUT2D eigenvalue weighted by Gasteiger charge is 2.17. The molecule has 0 saturated carbocycles. The maximum absolute atomic E-state index is 11.7. The minimum absolute atomic E-state index is 0.215. The van der Waals surface area contributed by atoms with Gasteiger partial charge in [0, 0.05) is 11.6 Å².